The van der Waals surface area contributed by atoms with Gasteiger partial charge in [-0.1, -0.05) is 44.9 Å². The average Bonchev–Trinajstić information content (AvgIpc) is 2.67. The number of cyclic esters (lactones) is 1. The van der Waals surface area contributed by atoms with Crippen LogP contribution < -0.4 is 0 Å². The Morgan fingerprint density at radius 1 is 1.23 bits per heavy atom. The SMILES string of the molecule is CCCCCC(=O)OC1CC(O)C=C2C=CC(C)C(CCC3CC(O)CC(=O)O3)C21. The third-order valence-electron chi connectivity index (χ3n) is 6.70. The van der Waals surface area contributed by atoms with Crippen molar-refractivity contribution in [1.82, 2.24) is 0 Å². The van der Waals surface area contributed by atoms with Crippen molar-refractivity contribution in [2.45, 2.75) is 96.1 Å². The zero-order valence-electron chi connectivity index (χ0n) is 18.2. The van der Waals surface area contributed by atoms with Crippen molar-refractivity contribution in [3.63, 3.8) is 0 Å². The van der Waals surface area contributed by atoms with E-state index in [0.717, 1.165) is 31.3 Å². The lowest BCUT2D eigenvalue weighted by Crippen LogP contribution is -2.42. The second-order valence-electron chi connectivity index (χ2n) is 9.15. The van der Waals surface area contributed by atoms with Crippen LogP contribution in [-0.2, 0) is 19.1 Å². The van der Waals surface area contributed by atoms with E-state index < -0.39 is 12.2 Å². The van der Waals surface area contributed by atoms with Gasteiger partial charge < -0.3 is 19.7 Å². The summed E-state index contributed by atoms with van der Waals surface area (Å²) in [6.07, 6.45) is 9.97. The highest BCUT2D eigenvalue weighted by Gasteiger charge is 2.42. The third-order valence-corrected chi connectivity index (χ3v) is 6.70. The van der Waals surface area contributed by atoms with E-state index in [-0.39, 0.29) is 48.3 Å². The Morgan fingerprint density at radius 3 is 2.77 bits per heavy atom. The summed E-state index contributed by atoms with van der Waals surface area (Å²) in [6, 6.07) is 0. The van der Waals surface area contributed by atoms with Gasteiger partial charge in [-0.15, -0.1) is 0 Å². The maximum atomic E-state index is 12.4. The number of esters is 2. The van der Waals surface area contributed by atoms with Crippen LogP contribution in [0, 0.1) is 17.8 Å². The quantitative estimate of drug-likeness (QED) is 0.461. The lowest BCUT2D eigenvalue weighted by molar-refractivity contribution is -0.161. The van der Waals surface area contributed by atoms with Gasteiger partial charge in [0.25, 0.3) is 0 Å². The summed E-state index contributed by atoms with van der Waals surface area (Å²) in [4.78, 5) is 24.1. The van der Waals surface area contributed by atoms with Crippen molar-refractivity contribution in [2.24, 2.45) is 17.8 Å². The Hall–Kier alpha value is -1.66. The number of carbonyl (C=O) groups is 2. The van der Waals surface area contributed by atoms with E-state index in [1.165, 1.54) is 0 Å². The number of aliphatic hydroxyl groups excluding tert-OH is 2. The molecule has 2 N–H and O–H groups in total. The van der Waals surface area contributed by atoms with Crippen molar-refractivity contribution < 1.29 is 29.3 Å². The van der Waals surface area contributed by atoms with E-state index in [9.17, 15) is 19.8 Å². The third kappa shape index (κ3) is 5.94. The molecule has 0 amide bonds. The molecule has 0 bridgehead atoms. The van der Waals surface area contributed by atoms with E-state index in [4.69, 9.17) is 9.47 Å². The molecule has 1 saturated heterocycles. The molecule has 7 unspecified atom stereocenters. The minimum absolute atomic E-state index is 0.0349. The van der Waals surface area contributed by atoms with E-state index in [2.05, 4.69) is 26.0 Å². The van der Waals surface area contributed by atoms with Crippen LogP contribution in [0.2, 0.25) is 0 Å². The molecule has 6 nitrogen and oxygen atoms in total. The van der Waals surface area contributed by atoms with Crippen molar-refractivity contribution in [2.75, 3.05) is 0 Å². The molecule has 0 aromatic carbocycles. The van der Waals surface area contributed by atoms with Gasteiger partial charge in [0, 0.05) is 25.2 Å². The Balaban J connectivity index is 1.68. The predicted octanol–water partition coefficient (Wildman–Crippen LogP) is 3.45. The predicted molar refractivity (Wildman–Crippen MR) is 112 cm³/mol. The molecule has 3 aliphatic rings. The number of carbonyl (C=O) groups excluding carboxylic acids is 2. The van der Waals surface area contributed by atoms with Crippen LogP contribution in [0.25, 0.3) is 0 Å². The highest BCUT2D eigenvalue weighted by molar-refractivity contribution is 5.71. The van der Waals surface area contributed by atoms with Crippen LogP contribution in [-0.4, -0.2) is 46.6 Å². The lowest BCUT2D eigenvalue weighted by Gasteiger charge is -2.43. The maximum Gasteiger partial charge on any atom is 0.308 e. The van der Waals surface area contributed by atoms with Crippen LogP contribution in [0.5, 0.6) is 0 Å². The number of allylic oxidation sites excluding steroid dienone is 2. The summed E-state index contributed by atoms with van der Waals surface area (Å²) in [7, 11) is 0. The van der Waals surface area contributed by atoms with Crippen LogP contribution >= 0.6 is 0 Å². The first-order chi connectivity index (χ1) is 14.4. The van der Waals surface area contributed by atoms with Crippen LogP contribution in [0.3, 0.4) is 0 Å². The van der Waals surface area contributed by atoms with E-state index >= 15 is 0 Å². The smallest absolute Gasteiger partial charge is 0.308 e. The van der Waals surface area contributed by atoms with Crippen LogP contribution in [0.15, 0.2) is 23.8 Å². The molecule has 168 valence electrons. The zero-order chi connectivity index (χ0) is 21.7. The largest absolute Gasteiger partial charge is 0.462 e. The van der Waals surface area contributed by atoms with Crippen molar-refractivity contribution in [1.29, 1.82) is 0 Å². The fraction of sp³-hybridized carbons (Fsp3) is 0.750. The second-order valence-corrected chi connectivity index (χ2v) is 9.15. The lowest BCUT2D eigenvalue weighted by atomic mass is 9.66. The highest BCUT2D eigenvalue weighted by atomic mass is 16.5. The molecule has 30 heavy (non-hydrogen) atoms. The van der Waals surface area contributed by atoms with Crippen molar-refractivity contribution >= 4 is 11.9 Å². The minimum atomic E-state index is -0.628. The maximum absolute atomic E-state index is 12.4. The molecule has 0 spiro atoms. The van der Waals surface area contributed by atoms with Crippen LogP contribution in [0.4, 0.5) is 0 Å². The highest BCUT2D eigenvalue weighted by Crippen LogP contribution is 2.44. The summed E-state index contributed by atoms with van der Waals surface area (Å²) >= 11 is 0. The molecular formula is C24H36O6. The molecule has 0 aromatic rings. The standard InChI is InChI=1S/C24H36O6/c1-3-4-5-6-22(27)30-21-13-17(25)11-16-8-7-15(2)20(24(16)21)10-9-19-12-18(26)14-23(28)29-19/h7-8,11,15,17-21,24-26H,3-6,9-10,12-14H2,1-2H3. The van der Waals surface area contributed by atoms with E-state index in [1.54, 1.807) is 0 Å². The van der Waals surface area contributed by atoms with Gasteiger partial charge in [-0.2, -0.15) is 0 Å². The molecule has 6 heteroatoms. The minimum Gasteiger partial charge on any atom is -0.462 e. The topological polar surface area (TPSA) is 93.1 Å². The van der Waals surface area contributed by atoms with Gasteiger partial charge in [-0.05, 0) is 36.7 Å². The molecule has 7 atom stereocenters. The molecule has 3 rings (SSSR count). The first-order valence-corrected chi connectivity index (χ1v) is 11.5. The summed E-state index contributed by atoms with van der Waals surface area (Å²) in [5, 5.41) is 20.2. The Bertz CT molecular complexity index is 669. The van der Waals surface area contributed by atoms with Gasteiger partial charge in [0.1, 0.15) is 12.2 Å². The fourth-order valence-corrected chi connectivity index (χ4v) is 5.15. The van der Waals surface area contributed by atoms with Gasteiger partial charge >= 0.3 is 11.9 Å². The van der Waals surface area contributed by atoms with Crippen LogP contribution in [0.1, 0.15) is 71.6 Å². The number of fused-ring (bicyclic) bond motifs is 1. The summed E-state index contributed by atoms with van der Waals surface area (Å²) in [5.41, 5.74) is 1.03. The molecule has 0 saturated carbocycles. The summed E-state index contributed by atoms with van der Waals surface area (Å²) in [6.45, 7) is 4.26. The zero-order valence-corrected chi connectivity index (χ0v) is 18.2. The van der Waals surface area contributed by atoms with E-state index in [0.29, 0.717) is 25.7 Å². The van der Waals surface area contributed by atoms with Gasteiger partial charge in [0.05, 0.1) is 18.6 Å². The summed E-state index contributed by atoms with van der Waals surface area (Å²) in [5.74, 6) is 0.0170. The van der Waals surface area contributed by atoms with Crippen molar-refractivity contribution in [3.8, 4) is 0 Å². The second kappa shape index (κ2) is 10.6. The van der Waals surface area contributed by atoms with E-state index in [1.807, 2.05) is 6.08 Å². The normalized spacial score (nSPS) is 35.9. The van der Waals surface area contributed by atoms with Gasteiger partial charge in [-0.3, -0.25) is 9.59 Å². The monoisotopic (exact) mass is 420 g/mol. The molecule has 2 aliphatic carbocycles. The van der Waals surface area contributed by atoms with Gasteiger partial charge in [0.15, 0.2) is 0 Å². The first kappa shape index (κ1) is 23.0. The molecular weight excluding hydrogens is 384 g/mol. The summed E-state index contributed by atoms with van der Waals surface area (Å²) < 4.78 is 11.3. The molecule has 0 aromatic heterocycles. The number of hydrogen-bond donors (Lipinski definition) is 2. The molecule has 1 fully saturated rings. The van der Waals surface area contributed by atoms with Crippen molar-refractivity contribution in [3.05, 3.63) is 23.8 Å². The number of hydrogen-bond acceptors (Lipinski definition) is 6. The molecule has 1 aliphatic heterocycles. The fourth-order valence-electron chi connectivity index (χ4n) is 5.15. The molecule has 0 radical (unpaired) electrons. The Morgan fingerprint density at radius 2 is 2.03 bits per heavy atom. The van der Waals surface area contributed by atoms with Gasteiger partial charge in [0.2, 0.25) is 0 Å². The Kier molecular flexibility index (Phi) is 8.12. The number of rotatable bonds is 8. The Labute approximate surface area is 179 Å². The average molecular weight is 421 g/mol. The number of unbranched alkanes of at least 4 members (excludes halogenated alkanes) is 2. The first-order valence-electron chi connectivity index (χ1n) is 11.5. The number of ether oxygens (including phenoxy) is 2. The number of aliphatic hydroxyl groups is 2. The molecule has 1 heterocycles. The van der Waals surface area contributed by atoms with Gasteiger partial charge in [-0.25, -0.2) is 0 Å².